The van der Waals surface area contributed by atoms with Crippen LogP contribution in [0.5, 0.6) is 0 Å². The fraction of sp³-hybridized carbons (Fsp3) is 0.125. The second-order valence-corrected chi connectivity index (χ2v) is 5.18. The summed E-state index contributed by atoms with van der Waals surface area (Å²) in [5.41, 5.74) is 8.39. The number of benzene rings is 2. The zero-order valence-corrected chi connectivity index (χ0v) is 15.2. The summed E-state index contributed by atoms with van der Waals surface area (Å²) in [7, 11) is 0. The fourth-order valence-electron chi connectivity index (χ4n) is 2.02. The Balaban J connectivity index is 0.00000242. The molecule has 0 fully saturated rings. The molecule has 0 amide bonds. The van der Waals surface area contributed by atoms with E-state index >= 15 is 0 Å². The number of nitrogens with two attached hydrogens (primary N) is 1. The molecule has 0 bridgehead atoms. The van der Waals surface area contributed by atoms with Crippen LogP contribution >= 0.6 is 12.2 Å². The van der Waals surface area contributed by atoms with E-state index in [0.717, 1.165) is 17.2 Å². The molecule has 0 aromatic heterocycles. The van der Waals surface area contributed by atoms with Crippen LogP contribution in [-0.4, -0.2) is 10.8 Å². The van der Waals surface area contributed by atoms with Gasteiger partial charge in [-0.05, 0) is 30.2 Å². The number of rotatable bonds is 4. The number of carboxylic acids is 1. The summed E-state index contributed by atoms with van der Waals surface area (Å²) in [6.07, 6.45) is -0.451. The Morgan fingerprint density at radius 2 is 1.86 bits per heavy atom. The van der Waals surface area contributed by atoms with Crippen LogP contribution in [0.25, 0.3) is 0 Å². The monoisotopic (exact) mass is 325 g/mol. The van der Waals surface area contributed by atoms with Crippen molar-refractivity contribution in [2.24, 2.45) is 0 Å². The number of aryl methyl sites for hydroxylation is 1. The molecular weight excluding hydrogens is 312 g/mol. The summed E-state index contributed by atoms with van der Waals surface area (Å²) >= 11 is 5.34. The van der Waals surface area contributed by atoms with Crippen LogP contribution < -0.4 is 40.4 Å². The molecule has 0 heterocycles. The van der Waals surface area contributed by atoms with Crippen molar-refractivity contribution in [3.63, 3.8) is 0 Å². The number of hydrogen-bond acceptors (Lipinski definition) is 4. The van der Waals surface area contributed by atoms with E-state index in [1.165, 1.54) is 6.07 Å². The number of carbonyl (C=O) groups excluding carboxylic acids is 1. The minimum absolute atomic E-state index is 0. The molecule has 0 unspecified atom stereocenters. The van der Waals surface area contributed by atoms with Crippen LogP contribution in [0.1, 0.15) is 22.3 Å². The second kappa shape index (κ2) is 7.83. The molecule has 0 atom stereocenters. The number of carboxylic acid groups (broad SMARTS) is 1. The van der Waals surface area contributed by atoms with E-state index in [1.807, 2.05) is 31.2 Å². The van der Waals surface area contributed by atoms with Gasteiger partial charge in [-0.3, -0.25) is 0 Å². The molecule has 0 radical (unpaired) electrons. The first-order valence-electron chi connectivity index (χ1n) is 6.27. The number of thiocarbonyl (C=S) groups is 1. The van der Waals surface area contributed by atoms with Crippen molar-refractivity contribution in [3.8, 4) is 0 Å². The van der Waals surface area contributed by atoms with Gasteiger partial charge in [0.25, 0.3) is 0 Å². The van der Waals surface area contributed by atoms with Gasteiger partial charge in [-0.2, -0.15) is 0 Å². The van der Waals surface area contributed by atoms with Gasteiger partial charge < -0.3 is 15.6 Å². The topological polar surface area (TPSA) is 66.1 Å². The molecule has 22 heavy (non-hydrogen) atoms. The Bertz CT molecular complexity index is 717. The fourth-order valence-corrected chi connectivity index (χ4v) is 2.33. The number of anilines is 1. The smallest absolute Gasteiger partial charge is 0.550 e. The number of nitrogen functional groups attached to an aromatic ring is 1. The van der Waals surface area contributed by atoms with Gasteiger partial charge in [-0.15, -0.1) is 0 Å². The van der Waals surface area contributed by atoms with E-state index in [4.69, 9.17) is 18.0 Å². The van der Waals surface area contributed by atoms with Gasteiger partial charge in [0.15, 0.2) is 0 Å². The molecule has 2 N–H and O–H groups in total. The molecule has 0 aliphatic carbocycles. The van der Waals surface area contributed by atoms with Gasteiger partial charge in [0, 0.05) is 23.6 Å². The SMILES string of the molecule is Cc1ccc(C(=S)c2cc(F)cc(CC(=O)[O-])c2N)cc1.[Na+]. The van der Waals surface area contributed by atoms with Crippen molar-refractivity contribution in [2.45, 2.75) is 13.3 Å². The minimum atomic E-state index is -1.32. The summed E-state index contributed by atoms with van der Waals surface area (Å²) in [6, 6.07) is 9.72. The summed E-state index contributed by atoms with van der Waals surface area (Å²) in [4.78, 5) is 11.1. The number of carbonyl (C=O) groups is 1. The van der Waals surface area contributed by atoms with Gasteiger partial charge in [-0.1, -0.05) is 42.0 Å². The standard InChI is InChI=1S/C16H14FNO2S.Na/c1-9-2-4-10(5-3-9)16(21)13-8-12(17)6-11(15(13)18)7-14(19)20;/h2-6,8H,7,18H2,1H3,(H,19,20);/q;+1/p-1. The van der Waals surface area contributed by atoms with E-state index in [2.05, 4.69) is 0 Å². The maximum Gasteiger partial charge on any atom is 1.00 e. The van der Waals surface area contributed by atoms with Crippen LogP contribution in [0.15, 0.2) is 36.4 Å². The first-order chi connectivity index (χ1) is 9.88. The first kappa shape index (κ1) is 18.8. The third-order valence-corrected chi connectivity index (χ3v) is 3.58. The van der Waals surface area contributed by atoms with Crippen LogP contribution in [0.3, 0.4) is 0 Å². The summed E-state index contributed by atoms with van der Waals surface area (Å²) in [6.45, 7) is 1.95. The zero-order chi connectivity index (χ0) is 15.6. The molecule has 0 saturated heterocycles. The van der Waals surface area contributed by atoms with Gasteiger partial charge in [0.1, 0.15) is 5.82 Å². The van der Waals surface area contributed by atoms with E-state index in [9.17, 15) is 14.3 Å². The van der Waals surface area contributed by atoms with Crippen molar-refractivity contribution < 1.29 is 43.8 Å². The minimum Gasteiger partial charge on any atom is -0.550 e. The Kier molecular flexibility index (Phi) is 6.68. The Morgan fingerprint density at radius 3 is 2.41 bits per heavy atom. The first-order valence-corrected chi connectivity index (χ1v) is 6.68. The van der Waals surface area contributed by atoms with E-state index in [0.29, 0.717) is 10.4 Å². The average molecular weight is 325 g/mol. The van der Waals surface area contributed by atoms with Gasteiger partial charge >= 0.3 is 29.6 Å². The predicted octanol–water partition coefficient (Wildman–Crippen LogP) is -1.22. The zero-order valence-electron chi connectivity index (χ0n) is 12.4. The number of hydrogen-bond donors (Lipinski definition) is 1. The maximum atomic E-state index is 13.7. The van der Waals surface area contributed by atoms with Crippen molar-refractivity contribution in [3.05, 3.63) is 64.5 Å². The van der Waals surface area contributed by atoms with Crippen LogP contribution in [-0.2, 0) is 11.2 Å². The van der Waals surface area contributed by atoms with Gasteiger partial charge in [0.2, 0.25) is 0 Å². The molecule has 2 aromatic carbocycles. The van der Waals surface area contributed by atoms with Gasteiger partial charge in [-0.25, -0.2) is 4.39 Å². The largest absolute Gasteiger partial charge is 1.00 e. The molecule has 0 aliphatic rings. The third-order valence-electron chi connectivity index (χ3n) is 3.12. The predicted molar refractivity (Wildman–Crippen MR) is 81.5 cm³/mol. The van der Waals surface area contributed by atoms with Crippen LogP contribution in [0, 0.1) is 12.7 Å². The molecule has 6 heteroatoms. The van der Waals surface area contributed by atoms with Crippen LogP contribution in [0.2, 0.25) is 0 Å². The van der Waals surface area contributed by atoms with E-state index in [-0.39, 0.29) is 40.8 Å². The summed E-state index contributed by atoms with van der Waals surface area (Å²) < 4.78 is 13.7. The quantitative estimate of drug-likeness (QED) is 0.331. The van der Waals surface area contributed by atoms with E-state index < -0.39 is 18.2 Å². The third kappa shape index (κ3) is 4.36. The van der Waals surface area contributed by atoms with E-state index in [1.54, 1.807) is 0 Å². The van der Waals surface area contributed by atoms with Crippen molar-refractivity contribution in [1.82, 2.24) is 0 Å². The molecule has 0 spiro atoms. The molecule has 0 saturated carbocycles. The second-order valence-electron chi connectivity index (χ2n) is 4.77. The molecular formula is C16H13FNNaO2S. The molecule has 2 rings (SSSR count). The number of halogens is 1. The maximum absolute atomic E-state index is 13.7. The average Bonchev–Trinajstić information content (AvgIpc) is 2.42. The molecule has 2 aromatic rings. The normalized spacial score (nSPS) is 9.91. The molecule has 108 valence electrons. The van der Waals surface area contributed by atoms with Crippen molar-refractivity contribution in [2.75, 3.05) is 5.73 Å². The Morgan fingerprint density at radius 1 is 1.27 bits per heavy atom. The molecule has 3 nitrogen and oxygen atoms in total. The van der Waals surface area contributed by atoms with Crippen molar-refractivity contribution in [1.29, 1.82) is 0 Å². The van der Waals surface area contributed by atoms with Crippen molar-refractivity contribution >= 4 is 28.7 Å². The summed E-state index contributed by atoms with van der Waals surface area (Å²) in [5, 5.41) is 10.7. The summed E-state index contributed by atoms with van der Waals surface area (Å²) in [5.74, 6) is -1.90. The Hall–Kier alpha value is -1.27. The Labute approximate surface area is 155 Å². The number of aliphatic carboxylic acids is 1. The molecule has 0 aliphatic heterocycles. The van der Waals surface area contributed by atoms with Crippen LogP contribution in [0.4, 0.5) is 10.1 Å². The van der Waals surface area contributed by atoms with Gasteiger partial charge in [0.05, 0.1) is 4.86 Å².